The molecule has 5 atom stereocenters. The second-order valence-electron chi connectivity index (χ2n) is 12.5. The maximum Gasteiger partial charge on any atom is 0.331 e. The lowest BCUT2D eigenvalue weighted by Gasteiger charge is -2.50. The summed E-state index contributed by atoms with van der Waals surface area (Å²) in [5.41, 5.74) is 2.80. The van der Waals surface area contributed by atoms with Crippen LogP contribution in [0.3, 0.4) is 0 Å². The highest BCUT2D eigenvalue weighted by Gasteiger charge is 2.56. The van der Waals surface area contributed by atoms with Crippen LogP contribution in [0.1, 0.15) is 83.8 Å². The van der Waals surface area contributed by atoms with Crippen molar-refractivity contribution < 1.29 is 23.5 Å². The molecule has 0 aromatic heterocycles. The van der Waals surface area contributed by atoms with Crippen LogP contribution in [0.4, 0.5) is 0 Å². The van der Waals surface area contributed by atoms with Crippen molar-refractivity contribution in [1.29, 1.82) is 0 Å². The number of fused-ring (bicyclic) bond motifs is 5. The number of aryl methyl sites for hydroxylation is 1. The predicted octanol–water partition coefficient (Wildman–Crippen LogP) is 6.40. The molecule has 2 fully saturated rings. The zero-order valence-electron chi connectivity index (χ0n) is 22.0. The monoisotopic (exact) mass is 486 g/mol. The van der Waals surface area contributed by atoms with Gasteiger partial charge in [0.05, 0.1) is 0 Å². The van der Waals surface area contributed by atoms with Crippen LogP contribution in [0.5, 0.6) is 5.75 Å². The lowest BCUT2D eigenvalue weighted by atomic mass is 9.55. The molecule has 4 rings (SSSR count). The Balaban J connectivity index is 1.42. The summed E-state index contributed by atoms with van der Waals surface area (Å²) in [6, 6.07) is 6.18. The summed E-state index contributed by atoms with van der Waals surface area (Å²) in [7, 11) is -1.98. The quantitative estimate of drug-likeness (QED) is 0.274. The SMILES string of the molecule is CC(=O)Oc1ccc2c(c1)CC[C@@H]1[C@@H]2CC[C@]2(C)[C@@H](OC(=O)CO[Si](C)(C)C(C)(C)C)CC[C@@H]12. The van der Waals surface area contributed by atoms with Crippen molar-refractivity contribution in [1.82, 2.24) is 0 Å². The van der Waals surface area contributed by atoms with E-state index in [0.717, 1.165) is 38.5 Å². The standard InChI is InChI=1S/C28H42O5Si/c1-18(29)32-20-9-11-21-19(16-20)8-10-23-22(21)14-15-28(5)24(23)12-13-25(28)33-26(30)17-31-34(6,7)27(2,3)4/h9,11,16,22-25H,8,10,12-15,17H2,1-7H3/t22-,23-,24+,25+,28+/m1/s1. The van der Waals surface area contributed by atoms with Crippen LogP contribution in [0.2, 0.25) is 18.1 Å². The molecule has 0 N–H and O–H groups in total. The molecule has 34 heavy (non-hydrogen) atoms. The second kappa shape index (κ2) is 9.09. The van der Waals surface area contributed by atoms with Gasteiger partial charge in [-0.1, -0.05) is 33.8 Å². The number of carbonyl (C=O) groups is 2. The van der Waals surface area contributed by atoms with Gasteiger partial charge in [0, 0.05) is 12.3 Å². The summed E-state index contributed by atoms with van der Waals surface area (Å²) in [5.74, 6) is 1.92. The van der Waals surface area contributed by atoms with E-state index in [-0.39, 0.29) is 35.1 Å². The van der Waals surface area contributed by atoms with E-state index in [1.54, 1.807) is 0 Å². The highest BCUT2D eigenvalue weighted by molar-refractivity contribution is 6.74. The van der Waals surface area contributed by atoms with Crippen molar-refractivity contribution in [2.24, 2.45) is 17.3 Å². The minimum absolute atomic E-state index is 0.0123. The fourth-order valence-corrected chi connectivity index (χ4v) is 7.49. The average Bonchev–Trinajstić information content (AvgIpc) is 3.07. The Labute approximate surface area is 206 Å². The molecular formula is C28H42O5Si. The molecule has 1 aromatic rings. The van der Waals surface area contributed by atoms with E-state index in [9.17, 15) is 9.59 Å². The van der Waals surface area contributed by atoms with Gasteiger partial charge in [-0.15, -0.1) is 0 Å². The number of esters is 2. The molecule has 0 saturated heterocycles. The molecular weight excluding hydrogens is 444 g/mol. The molecule has 1 aromatic carbocycles. The first-order valence-electron chi connectivity index (χ1n) is 13.0. The number of hydrogen-bond acceptors (Lipinski definition) is 5. The van der Waals surface area contributed by atoms with E-state index >= 15 is 0 Å². The van der Waals surface area contributed by atoms with Crippen molar-refractivity contribution in [2.75, 3.05) is 6.61 Å². The molecule has 3 aliphatic carbocycles. The van der Waals surface area contributed by atoms with Crippen LogP contribution in [0.25, 0.3) is 0 Å². The fourth-order valence-electron chi connectivity index (χ4n) is 6.58. The lowest BCUT2D eigenvalue weighted by molar-refractivity contribution is -0.160. The molecule has 3 aliphatic rings. The zero-order chi connectivity index (χ0) is 24.9. The van der Waals surface area contributed by atoms with Crippen LogP contribution in [-0.4, -0.2) is 33.0 Å². The van der Waals surface area contributed by atoms with E-state index < -0.39 is 8.32 Å². The first-order chi connectivity index (χ1) is 15.8. The third-order valence-corrected chi connectivity index (χ3v) is 14.0. The first kappa shape index (κ1) is 25.4. The van der Waals surface area contributed by atoms with Gasteiger partial charge in [-0.2, -0.15) is 0 Å². The van der Waals surface area contributed by atoms with Crippen molar-refractivity contribution in [3.05, 3.63) is 29.3 Å². The Kier molecular flexibility index (Phi) is 6.80. The van der Waals surface area contributed by atoms with Crippen LogP contribution >= 0.6 is 0 Å². The van der Waals surface area contributed by atoms with E-state index in [1.807, 2.05) is 6.07 Å². The molecule has 0 unspecified atom stereocenters. The van der Waals surface area contributed by atoms with Gasteiger partial charge < -0.3 is 13.9 Å². The highest BCUT2D eigenvalue weighted by atomic mass is 28.4. The van der Waals surface area contributed by atoms with Gasteiger partial charge in [0.15, 0.2) is 8.32 Å². The number of carbonyl (C=O) groups excluding carboxylic acids is 2. The summed E-state index contributed by atoms with van der Waals surface area (Å²) < 4.78 is 17.5. The van der Waals surface area contributed by atoms with Crippen molar-refractivity contribution >= 4 is 20.3 Å². The topological polar surface area (TPSA) is 61.8 Å². The van der Waals surface area contributed by atoms with E-state index in [1.165, 1.54) is 18.1 Å². The Morgan fingerprint density at radius 1 is 1.12 bits per heavy atom. The number of hydrogen-bond donors (Lipinski definition) is 0. The minimum atomic E-state index is -1.98. The summed E-state index contributed by atoms with van der Waals surface area (Å²) in [6.45, 7) is 14.8. The number of ether oxygens (including phenoxy) is 2. The van der Waals surface area contributed by atoms with Crippen molar-refractivity contribution in [2.45, 2.75) is 103 Å². The average molecular weight is 487 g/mol. The maximum absolute atomic E-state index is 12.8. The van der Waals surface area contributed by atoms with Gasteiger partial charge in [-0.05, 0) is 97.7 Å². The van der Waals surface area contributed by atoms with E-state index in [2.05, 4.69) is 52.9 Å². The first-order valence-corrected chi connectivity index (χ1v) is 15.9. The summed E-state index contributed by atoms with van der Waals surface area (Å²) in [5, 5.41) is 0.0757. The van der Waals surface area contributed by atoms with E-state index in [4.69, 9.17) is 13.9 Å². The minimum Gasteiger partial charge on any atom is -0.460 e. The number of benzene rings is 1. The third-order valence-electron chi connectivity index (χ3n) is 9.50. The maximum atomic E-state index is 12.8. The van der Waals surface area contributed by atoms with E-state index in [0.29, 0.717) is 23.5 Å². The molecule has 0 spiro atoms. The molecule has 0 aliphatic heterocycles. The third kappa shape index (κ3) is 4.72. The molecule has 6 heteroatoms. The van der Waals surface area contributed by atoms with Crippen LogP contribution in [0, 0.1) is 17.3 Å². The molecule has 5 nitrogen and oxygen atoms in total. The molecule has 0 bridgehead atoms. The highest BCUT2D eigenvalue weighted by Crippen LogP contribution is 2.61. The van der Waals surface area contributed by atoms with Gasteiger partial charge in [0.2, 0.25) is 0 Å². The summed E-state index contributed by atoms with van der Waals surface area (Å²) in [6.07, 6.45) is 6.42. The van der Waals surface area contributed by atoms with Gasteiger partial charge in [0.1, 0.15) is 18.5 Å². The molecule has 0 heterocycles. The zero-order valence-corrected chi connectivity index (χ0v) is 23.0. The Morgan fingerprint density at radius 2 is 1.85 bits per heavy atom. The van der Waals surface area contributed by atoms with Crippen LogP contribution < -0.4 is 4.74 Å². The largest absolute Gasteiger partial charge is 0.460 e. The fraction of sp³-hybridized carbons (Fsp3) is 0.714. The van der Waals surface area contributed by atoms with Crippen molar-refractivity contribution in [3.8, 4) is 5.75 Å². The predicted molar refractivity (Wildman–Crippen MR) is 135 cm³/mol. The smallest absolute Gasteiger partial charge is 0.331 e. The van der Waals surface area contributed by atoms with Crippen LogP contribution in [-0.2, 0) is 25.2 Å². The Bertz CT molecular complexity index is 949. The molecule has 2 saturated carbocycles. The molecule has 0 radical (unpaired) electrons. The lowest BCUT2D eigenvalue weighted by Crippen LogP contribution is -2.46. The summed E-state index contributed by atoms with van der Waals surface area (Å²) in [4.78, 5) is 24.1. The Morgan fingerprint density at radius 3 is 2.53 bits per heavy atom. The summed E-state index contributed by atoms with van der Waals surface area (Å²) >= 11 is 0. The van der Waals surface area contributed by atoms with Gasteiger partial charge in [-0.3, -0.25) is 4.79 Å². The van der Waals surface area contributed by atoms with Gasteiger partial charge in [0.25, 0.3) is 0 Å². The molecule has 0 amide bonds. The Hall–Kier alpha value is -1.66. The normalized spacial score (nSPS) is 30.7. The van der Waals surface area contributed by atoms with Crippen LogP contribution in [0.15, 0.2) is 18.2 Å². The van der Waals surface area contributed by atoms with Gasteiger partial charge in [-0.25, -0.2) is 4.79 Å². The van der Waals surface area contributed by atoms with Crippen molar-refractivity contribution in [3.63, 3.8) is 0 Å². The van der Waals surface area contributed by atoms with Gasteiger partial charge >= 0.3 is 11.9 Å². The molecule has 188 valence electrons. The number of rotatable bonds is 5. The second-order valence-corrected chi connectivity index (χ2v) is 17.3.